The number of hydrogen-bond donors (Lipinski definition) is 0. The highest BCUT2D eigenvalue weighted by molar-refractivity contribution is 5.70. The lowest BCUT2D eigenvalue weighted by atomic mass is 10.0. The zero-order valence-corrected chi connectivity index (χ0v) is 12.7. The van der Waals surface area contributed by atoms with Gasteiger partial charge in [-0.05, 0) is 34.1 Å². The van der Waals surface area contributed by atoms with Gasteiger partial charge in [-0.2, -0.15) is 0 Å². The van der Waals surface area contributed by atoms with Gasteiger partial charge in [0.15, 0.2) is 0 Å². The van der Waals surface area contributed by atoms with Crippen LogP contribution in [0.5, 0.6) is 0 Å². The fraction of sp³-hybridized carbons (Fsp3) is 0.857. The van der Waals surface area contributed by atoms with Crippen molar-refractivity contribution in [2.75, 3.05) is 13.2 Å². The van der Waals surface area contributed by atoms with E-state index in [-0.39, 0.29) is 31.5 Å². The first-order valence-corrected chi connectivity index (χ1v) is 6.79. The zero-order valence-electron chi connectivity index (χ0n) is 12.7. The Balaban J connectivity index is 4.18. The summed E-state index contributed by atoms with van der Waals surface area (Å²) in [4.78, 5) is 22.8. The minimum absolute atomic E-state index is 0.0238. The van der Waals surface area contributed by atoms with Gasteiger partial charge >= 0.3 is 12.1 Å². The third kappa shape index (κ3) is 10.4. The maximum atomic E-state index is 11.7. The molecule has 0 aliphatic heterocycles. The number of carbonyl (C=O) groups is 2. The molecule has 0 aliphatic rings. The van der Waals surface area contributed by atoms with Crippen molar-refractivity contribution in [2.24, 2.45) is 5.92 Å². The van der Waals surface area contributed by atoms with Crippen molar-refractivity contribution in [1.82, 2.24) is 0 Å². The maximum absolute atomic E-state index is 11.7. The number of rotatable bonds is 7. The lowest BCUT2D eigenvalue weighted by Gasteiger charge is -2.22. The second-order valence-corrected chi connectivity index (χ2v) is 5.44. The molecule has 0 aromatic rings. The molecule has 0 fully saturated rings. The minimum atomic E-state index is -0.687. The van der Waals surface area contributed by atoms with Gasteiger partial charge in [-0.15, -0.1) is 0 Å². The summed E-state index contributed by atoms with van der Waals surface area (Å²) >= 11 is 0. The summed E-state index contributed by atoms with van der Waals surface area (Å²) < 4.78 is 14.9. The molecule has 0 aromatic heterocycles. The van der Waals surface area contributed by atoms with Gasteiger partial charge in [-0.25, -0.2) is 4.79 Å². The van der Waals surface area contributed by atoms with Crippen LogP contribution in [-0.2, 0) is 19.0 Å². The summed E-state index contributed by atoms with van der Waals surface area (Å²) in [6.07, 6.45) is 1.29. The molecular weight excluding hydrogens is 248 g/mol. The highest BCUT2D eigenvalue weighted by atomic mass is 16.7. The fourth-order valence-electron chi connectivity index (χ4n) is 1.62. The molecule has 5 heteroatoms. The first-order valence-electron chi connectivity index (χ1n) is 6.79. The van der Waals surface area contributed by atoms with Crippen LogP contribution in [0.3, 0.4) is 0 Å². The van der Waals surface area contributed by atoms with Gasteiger partial charge in [0.25, 0.3) is 0 Å². The lowest BCUT2D eigenvalue weighted by Crippen LogP contribution is -2.26. The molecular formula is C14H26O5. The van der Waals surface area contributed by atoms with E-state index in [1.165, 1.54) is 0 Å². The molecule has 0 rings (SSSR count). The van der Waals surface area contributed by atoms with Gasteiger partial charge in [0.05, 0.1) is 19.6 Å². The molecule has 0 N–H and O–H groups in total. The Morgan fingerprint density at radius 3 is 2.21 bits per heavy atom. The van der Waals surface area contributed by atoms with Crippen molar-refractivity contribution in [3.63, 3.8) is 0 Å². The SMILES string of the molecule is CCC[C@@H](COC(=O)OCC)CC(=O)OC(C)(C)C. The zero-order chi connectivity index (χ0) is 14.9. The van der Waals surface area contributed by atoms with Crippen molar-refractivity contribution in [2.45, 2.75) is 59.5 Å². The predicted octanol–water partition coefficient (Wildman–Crippen LogP) is 3.31. The third-order valence-electron chi connectivity index (χ3n) is 2.27. The molecule has 0 bridgehead atoms. The van der Waals surface area contributed by atoms with E-state index in [1.807, 2.05) is 27.7 Å². The molecule has 0 amide bonds. The van der Waals surface area contributed by atoms with Gasteiger partial charge in [-0.3, -0.25) is 4.79 Å². The molecule has 0 heterocycles. The van der Waals surface area contributed by atoms with Crippen molar-refractivity contribution in [3.8, 4) is 0 Å². The van der Waals surface area contributed by atoms with E-state index < -0.39 is 11.8 Å². The lowest BCUT2D eigenvalue weighted by molar-refractivity contribution is -0.156. The molecule has 0 unspecified atom stereocenters. The molecule has 112 valence electrons. The summed E-state index contributed by atoms with van der Waals surface area (Å²) in [5.74, 6) is -0.289. The Morgan fingerprint density at radius 1 is 1.11 bits per heavy atom. The van der Waals surface area contributed by atoms with E-state index in [0.29, 0.717) is 0 Å². The van der Waals surface area contributed by atoms with E-state index in [1.54, 1.807) is 6.92 Å². The van der Waals surface area contributed by atoms with Crippen LogP contribution in [-0.4, -0.2) is 30.9 Å². The molecule has 19 heavy (non-hydrogen) atoms. The van der Waals surface area contributed by atoms with Crippen molar-refractivity contribution in [1.29, 1.82) is 0 Å². The van der Waals surface area contributed by atoms with Gasteiger partial charge in [0.1, 0.15) is 5.60 Å². The number of hydrogen-bond acceptors (Lipinski definition) is 5. The van der Waals surface area contributed by atoms with Crippen LogP contribution >= 0.6 is 0 Å². The average Bonchev–Trinajstić information content (AvgIpc) is 2.24. The van der Waals surface area contributed by atoms with Crippen LogP contribution in [0.25, 0.3) is 0 Å². The Labute approximate surface area is 115 Å². The summed E-state index contributed by atoms with van der Waals surface area (Å²) in [5, 5.41) is 0. The molecule has 0 spiro atoms. The largest absolute Gasteiger partial charge is 0.508 e. The van der Waals surface area contributed by atoms with E-state index >= 15 is 0 Å². The van der Waals surface area contributed by atoms with Crippen LogP contribution in [0.1, 0.15) is 53.9 Å². The van der Waals surface area contributed by atoms with E-state index in [9.17, 15) is 9.59 Å². The van der Waals surface area contributed by atoms with E-state index in [2.05, 4.69) is 4.74 Å². The number of esters is 1. The van der Waals surface area contributed by atoms with Crippen molar-refractivity contribution < 1.29 is 23.8 Å². The second-order valence-electron chi connectivity index (χ2n) is 5.44. The molecule has 0 saturated carbocycles. The summed E-state index contributed by atoms with van der Waals surface area (Å²) in [7, 11) is 0. The standard InChI is InChI=1S/C14H26O5/c1-6-8-11(10-18-13(16)17-7-2)9-12(15)19-14(3,4)5/h11H,6-10H2,1-5H3/t11-/m1/s1. The Morgan fingerprint density at radius 2 is 1.74 bits per heavy atom. The topological polar surface area (TPSA) is 61.8 Å². The Kier molecular flexibility index (Phi) is 8.19. The summed E-state index contributed by atoms with van der Waals surface area (Å²) in [6.45, 7) is 9.69. The van der Waals surface area contributed by atoms with Crippen LogP contribution in [0.15, 0.2) is 0 Å². The normalized spacial score (nSPS) is 12.7. The summed E-state index contributed by atoms with van der Waals surface area (Å²) in [6, 6.07) is 0. The fourth-order valence-corrected chi connectivity index (χ4v) is 1.62. The van der Waals surface area contributed by atoms with Crippen LogP contribution in [0.4, 0.5) is 4.79 Å². The van der Waals surface area contributed by atoms with E-state index in [0.717, 1.165) is 12.8 Å². The van der Waals surface area contributed by atoms with Gasteiger partial charge < -0.3 is 14.2 Å². The quantitative estimate of drug-likeness (QED) is 0.666. The first kappa shape index (κ1) is 17.7. The van der Waals surface area contributed by atoms with Gasteiger partial charge in [0, 0.05) is 5.92 Å². The summed E-state index contributed by atoms with van der Waals surface area (Å²) in [5.41, 5.74) is -0.490. The highest BCUT2D eigenvalue weighted by Gasteiger charge is 2.21. The molecule has 5 nitrogen and oxygen atoms in total. The van der Waals surface area contributed by atoms with Gasteiger partial charge in [-0.1, -0.05) is 13.3 Å². The highest BCUT2D eigenvalue weighted by Crippen LogP contribution is 2.16. The number of carbonyl (C=O) groups excluding carboxylic acids is 2. The minimum Gasteiger partial charge on any atom is -0.460 e. The first-order chi connectivity index (χ1) is 8.78. The van der Waals surface area contributed by atoms with Crippen LogP contribution in [0.2, 0.25) is 0 Å². The monoisotopic (exact) mass is 274 g/mol. The molecule has 1 atom stereocenters. The Hall–Kier alpha value is -1.26. The molecule has 0 aromatic carbocycles. The Bertz CT molecular complexity index is 280. The molecule has 0 radical (unpaired) electrons. The van der Waals surface area contributed by atoms with E-state index in [4.69, 9.17) is 9.47 Å². The second kappa shape index (κ2) is 8.77. The van der Waals surface area contributed by atoms with Crippen molar-refractivity contribution in [3.05, 3.63) is 0 Å². The molecule has 0 saturated heterocycles. The van der Waals surface area contributed by atoms with Gasteiger partial charge in [0.2, 0.25) is 0 Å². The van der Waals surface area contributed by atoms with Crippen molar-refractivity contribution >= 4 is 12.1 Å². The maximum Gasteiger partial charge on any atom is 0.508 e. The smallest absolute Gasteiger partial charge is 0.460 e. The van der Waals surface area contributed by atoms with Crippen LogP contribution < -0.4 is 0 Å². The molecule has 0 aliphatic carbocycles. The number of ether oxygens (including phenoxy) is 3. The predicted molar refractivity (Wildman–Crippen MR) is 71.8 cm³/mol. The van der Waals surface area contributed by atoms with Crippen LogP contribution in [0, 0.1) is 5.92 Å². The average molecular weight is 274 g/mol. The third-order valence-corrected chi connectivity index (χ3v) is 2.27.